The second-order valence-electron chi connectivity index (χ2n) is 6.42. The van der Waals surface area contributed by atoms with E-state index in [4.69, 9.17) is 0 Å². The van der Waals surface area contributed by atoms with E-state index in [1.54, 1.807) is 42.5 Å². The Morgan fingerprint density at radius 1 is 0.964 bits per heavy atom. The van der Waals surface area contributed by atoms with Crippen molar-refractivity contribution in [2.45, 2.75) is 11.3 Å². The molecule has 1 heterocycles. The normalized spacial score (nSPS) is 13.6. The number of halogens is 2. The first kappa shape index (κ1) is 18.8. The molecule has 0 bridgehead atoms. The zero-order valence-electron chi connectivity index (χ0n) is 14.7. The molecule has 1 aliphatic heterocycles. The Hall–Kier alpha value is -2.51. The maximum atomic E-state index is 13.7. The second-order valence-corrected chi connectivity index (χ2v) is 9.02. The van der Waals surface area contributed by atoms with Crippen molar-refractivity contribution in [1.29, 1.82) is 0 Å². The van der Waals surface area contributed by atoms with Crippen LogP contribution in [0.2, 0.25) is 0 Å². The smallest absolute Gasteiger partial charge is 0.261 e. The monoisotopic (exact) mass is 458 g/mol. The molecule has 1 aliphatic rings. The third-order valence-electron chi connectivity index (χ3n) is 4.51. The maximum absolute atomic E-state index is 13.7. The molecule has 142 valence electrons. The fourth-order valence-electron chi connectivity index (χ4n) is 3.13. The summed E-state index contributed by atoms with van der Waals surface area (Å²) in [5.41, 5.74) is 3.84. The van der Waals surface area contributed by atoms with Crippen molar-refractivity contribution in [2.24, 2.45) is 4.99 Å². The van der Waals surface area contributed by atoms with E-state index in [2.05, 4.69) is 25.6 Å². The Kier molecular flexibility index (Phi) is 5.03. The van der Waals surface area contributed by atoms with Gasteiger partial charge in [0, 0.05) is 27.8 Å². The van der Waals surface area contributed by atoms with Gasteiger partial charge in [0.05, 0.1) is 10.6 Å². The van der Waals surface area contributed by atoms with Crippen LogP contribution in [0.4, 0.5) is 10.1 Å². The Morgan fingerprint density at radius 3 is 2.39 bits per heavy atom. The molecular formula is C21H16BrFN2O2S. The number of benzene rings is 3. The number of hydrogen-bond acceptors (Lipinski definition) is 3. The number of sulfonamides is 1. The Morgan fingerprint density at radius 2 is 1.68 bits per heavy atom. The first-order valence-electron chi connectivity index (χ1n) is 8.64. The third kappa shape index (κ3) is 3.86. The van der Waals surface area contributed by atoms with Gasteiger partial charge in [0.2, 0.25) is 0 Å². The summed E-state index contributed by atoms with van der Waals surface area (Å²) in [6.45, 7) is 0.645. The molecule has 0 radical (unpaired) electrons. The molecule has 3 aromatic carbocycles. The summed E-state index contributed by atoms with van der Waals surface area (Å²) >= 11 is 3.29. The summed E-state index contributed by atoms with van der Waals surface area (Å²) in [6.07, 6.45) is 0.782. The highest BCUT2D eigenvalue weighted by Crippen LogP contribution is 2.24. The minimum Gasteiger partial charge on any atom is -0.284 e. The van der Waals surface area contributed by atoms with Crippen LogP contribution < -0.4 is 4.72 Å². The van der Waals surface area contributed by atoms with Crippen molar-refractivity contribution in [3.63, 3.8) is 0 Å². The fraction of sp³-hybridized carbons (Fsp3) is 0.0952. The standard InChI is InChI=1S/C21H16BrFN2O2S/c22-16-4-9-19(10-5-16)28(26,27)25-18-7-2-15(3-8-18)21-20-13-17(23)6-1-14(20)11-12-24-21/h1-10,13,25H,11-12H2. The topological polar surface area (TPSA) is 58.5 Å². The van der Waals surface area contributed by atoms with Crippen LogP contribution in [-0.2, 0) is 16.4 Å². The molecule has 0 unspecified atom stereocenters. The van der Waals surface area contributed by atoms with E-state index in [1.165, 1.54) is 24.3 Å². The number of nitrogens with zero attached hydrogens (tertiary/aromatic N) is 1. The van der Waals surface area contributed by atoms with E-state index in [9.17, 15) is 12.8 Å². The maximum Gasteiger partial charge on any atom is 0.261 e. The molecule has 0 aromatic heterocycles. The highest BCUT2D eigenvalue weighted by molar-refractivity contribution is 9.10. The largest absolute Gasteiger partial charge is 0.284 e. The zero-order valence-corrected chi connectivity index (χ0v) is 17.1. The highest BCUT2D eigenvalue weighted by atomic mass is 79.9. The summed E-state index contributed by atoms with van der Waals surface area (Å²) in [5.74, 6) is -0.299. The van der Waals surface area contributed by atoms with Gasteiger partial charge in [0.25, 0.3) is 10.0 Å². The fourth-order valence-corrected chi connectivity index (χ4v) is 4.45. The van der Waals surface area contributed by atoms with Crippen LogP contribution in [0, 0.1) is 5.82 Å². The van der Waals surface area contributed by atoms with Crippen molar-refractivity contribution >= 4 is 37.4 Å². The van der Waals surface area contributed by atoms with Crippen molar-refractivity contribution in [3.05, 3.63) is 93.7 Å². The van der Waals surface area contributed by atoms with Crippen LogP contribution in [0.5, 0.6) is 0 Å². The quantitative estimate of drug-likeness (QED) is 0.611. The van der Waals surface area contributed by atoms with E-state index in [0.717, 1.165) is 33.3 Å². The van der Waals surface area contributed by atoms with Crippen LogP contribution in [0.15, 0.2) is 81.1 Å². The van der Waals surface area contributed by atoms with Crippen molar-refractivity contribution < 1.29 is 12.8 Å². The molecule has 4 nitrogen and oxygen atoms in total. The summed E-state index contributed by atoms with van der Waals surface area (Å²) in [7, 11) is -3.67. The van der Waals surface area contributed by atoms with Crippen molar-refractivity contribution in [2.75, 3.05) is 11.3 Å². The second kappa shape index (κ2) is 7.48. The van der Waals surface area contributed by atoms with Crippen LogP contribution >= 0.6 is 15.9 Å². The van der Waals surface area contributed by atoms with Gasteiger partial charge < -0.3 is 0 Å². The van der Waals surface area contributed by atoms with Gasteiger partial charge in [-0.25, -0.2) is 12.8 Å². The van der Waals surface area contributed by atoms with Gasteiger partial charge in [0.1, 0.15) is 5.82 Å². The number of anilines is 1. The predicted octanol–water partition coefficient (Wildman–Crippen LogP) is 4.78. The molecule has 0 amide bonds. The average Bonchev–Trinajstić information content (AvgIpc) is 2.68. The Balaban J connectivity index is 1.59. The molecular weight excluding hydrogens is 443 g/mol. The van der Waals surface area contributed by atoms with Gasteiger partial charge in [-0.1, -0.05) is 34.1 Å². The lowest BCUT2D eigenvalue weighted by Crippen LogP contribution is -2.15. The van der Waals surface area contributed by atoms with Crippen LogP contribution in [-0.4, -0.2) is 20.7 Å². The first-order chi connectivity index (χ1) is 13.4. The van der Waals surface area contributed by atoms with Gasteiger partial charge >= 0.3 is 0 Å². The van der Waals surface area contributed by atoms with Crippen LogP contribution in [0.1, 0.15) is 16.7 Å². The lowest BCUT2D eigenvalue weighted by Gasteiger charge is -2.17. The zero-order chi connectivity index (χ0) is 19.7. The van der Waals surface area contributed by atoms with E-state index in [1.807, 2.05) is 0 Å². The molecule has 0 aliphatic carbocycles. The van der Waals surface area contributed by atoms with Crippen molar-refractivity contribution in [3.8, 4) is 0 Å². The Labute approximate surface area is 171 Å². The molecule has 0 saturated heterocycles. The van der Waals surface area contributed by atoms with Gasteiger partial charge in [-0.3, -0.25) is 9.71 Å². The first-order valence-corrected chi connectivity index (χ1v) is 10.9. The van der Waals surface area contributed by atoms with E-state index in [0.29, 0.717) is 12.2 Å². The summed E-state index contributed by atoms with van der Waals surface area (Å²) in [5, 5.41) is 0. The molecule has 0 spiro atoms. The molecule has 28 heavy (non-hydrogen) atoms. The SMILES string of the molecule is O=S(=O)(Nc1ccc(C2=NCCc3ccc(F)cc32)cc1)c1ccc(Br)cc1. The number of rotatable bonds is 4. The average molecular weight is 459 g/mol. The number of aliphatic imine (C=N–C) groups is 1. The predicted molar refractivity (Wildman–Crippen MR) is 112 cm³/mol. The molecule has 0 fully saturated rings. The molecule has 0 saturated carbocycles. The van der Waals surface area contributed by atoms with Crippen molar-refractivity contribution in [1.82, 2.24) is 0 Å². The lowest BCUT2D eigenvalue weighted by molar-refractivity contribution is 0.601. The lowest BCUT2D eigenvalue weighted by atomic mass is 9.93. The van der Waals surface area contributed by atoms with E-state index in [-0.39, 0.29) is 10.7 Å². The van der Waals surface area contributed by atoms with E-state index < -0.39 is 10.0 Å². The van der Waals surface area contributed by atoms with Crippen LogP contribution in [0.3, 0.4) is 0 Å². The summed E-state index contributed by atoms with van der Waals surface area (Å²) < 4.78 is 42.1. The third-order valence-corrected chi connectivity index (χ3v) is 6.44. The molecule has 7 heteroatoms. The highest BCUT2D eigenvalue weighted by Gasteiger charge is 2.18. The molecule has 3 aromatic rings. The van der Waals surface area contributed by atoms with Crippen LogP contribution in [0.25, 0.3) is 0 Å². The summed E-state index contributed by atoms with van der Waals surface area (Å²) in [4.78, 5) is 4.73. The number of nitrogens with one attached hydrogen (secondary N) is 1. The summed E-state index contributed by atoms with van der Waals surface area (Å²) in [6, 6.07) is 18.1. The van der Waals surface area contributed by atoms with E-state index >= 15 is 0 Å². The number of fused-ring (bicyclic) bond motifs is 1. The van der Waals surface area contributed by atoms with Gasteiger partial charge in [0.15, 0.2) is 0 Å². The molecule has 4 rings (SSSR count). The Bertz CT molecular complexity index is 1160. The minimum atomic E-state index is -3.67. The van der Waals surface area contributed by atoms with Gasteiger partial charge in [-0.2, -0.15) is 0 Å². The minimum absolute atomic E-state index is 0.181. The molecule has 0 atom stereocenters. The van der Waals surface area contributed by atoms with Gasteiger partial charge in [-0.15, -0.1) is 0 Å². The van der Waals surface area contributed by atoms with Gasteiger partial charge in [-0.05, 0) is 60.5 Å². The number of hydrogen-bond donors (Lipinski definition) is 1. The molecule has 1 N–H and O–H groups in total.